The molecule has 0 aromatic carbocycles. The van der Waals surface area contributed by atoms with Crippen molar-refractivity contribution in [3.05, 3.63) is 0 Å². The van der Waals surface area contributed by atoms with Gasteiger partial charge in [0.05, 0.1) is 0 Å². The molecule has 17 heavy (non-hydrogen) atoms. The molecule has 1 fully saturated rings. The van der Waals surface area contributed by atoms with Gasteiger partial charge in [-0.05, 0) is 18.8 Å². The van der Waals surface area contributed by atoms with Gasteiger partial charge in [0.2, 0.25) is 0 Å². The van der Waals surface area contributed by atoms with Crippen molar-refractivity contribution >= 4 is 11.9 Å². The highest BCUT2D eigenvalue weighted by molar-refractivity contribution is 5.93. The van der Waals surface area contributed by atoms with E-state index in [0.717, 1.165) is 0 Å². The molecule has 0 atom stereocenters. The van der Waals surface area contributed by atoms with Crippen molar-refractivity contribution in [2.75, 3.05) is 0 Å². The van der Waals surface area contributed by atoms with E-state index < -0.39 is 17.9 Å². The summed E-state index contributed by atoms with van der Waals surface area (Å²) in [5.41, 5.74) is 5.63. The highest BCUT2D eigenvalue weighted by atomic mass is 16.4. The summed E-state index contributed by atoms with van der Waals surface area (Å²) in [6.45, 7) is 3.12. The van der Waals surface area contributed by atoms with Crippen LogP contribution in [0, 0.1) is 11.8 Å². The quantitative estimate of drug-likeness (QED) is 0.657. The molecule has 100 valence electrons. The first kappa shape index (κ1) is 15.9. The topological polar surface area (TPSA) is 101 Å². The number of carbonyl (C=O) groups is 2. The number of carboxylic acid groups (broad SMARTS) is 2. The second-order valence-corrected chi connectivity index (χ2v) is 4.80. The third kappa shape index (κ3) is 6.94. The first-order valence-electron chi connectivity index (χ1n) is 6.07. The van der Waals surface area contributed by atoms with Crippen molar-refractivity contribution in [3.63, 3.8) is 0 Å². The van der Waals surface area contributed by atoms with Gasteiger partial charge in [-0.25, -0.2) is 0 Å². The van der Waals surface area contributed by atoms with Crippen LogP contribution in [0.2, 0.25) is 0 Å². The molecule has 1 saturated carbocycles. The minimum absolute atomic E-state index is 0.366. The zero-order chi connectivity index (χ0) is 13.4. The zero-order valence-electron chi connectivity index (χ0n) is 10.6. The Bertz CT molecular complexity index is 233. The lowest BCUT2D eigenvalue weighted by Gasteiger charge is -2.15. The van der Waals surface area contributed by atoms with Crippen LogP contribution in [0.1, 0.15) is 46.0 Å². The molecular formula is C12H23NO4. The fourth-order valence-electron chi connectivity index (χ4n) is 1.81. The molecule has 0 aromatic rings. The van der Waals surface area contributed by atoms with E-state index in [-0.39, 0.29) is 5.92 Å². The molecule has 0 unspecified atom stereocenters. The molecule has 0 heterocycles. The van der Waals surface area contributed by atoms with Gasteiger partial charge in [0, 0.05) is 6.04 Å². The average Bonchev–Trinajstić information content (AvgIpc) is 2.17. The van der Waals surface area contributed by atoms with Crippen LogP contribution in [-0.4, -0.2) is 28.2 Å². The summed E-state index contributed by atoms with van der Waals surface area (Å²) in [5, 5.41) is 16.7. The Hall–Kier alpha value is -1.10. The largest absolute Gasteiger partial charge is 0.481 e. The molecule has 0 bridgehead atoms. The molecule has 4 N–H and O–H groups in total. The average molecular weight is 245 g/mol. The van der Waals surface area contributed by atoms with Crippen LogP contribution in [0.3, 0.4) is 0 Å². The van der Waals surface area contributed by atoms with Crippen LogP contribution in [0.25, 0.3) is 0 Å². The SMILES string of the molecule is CC(C)C(C(=O)O)C(=O)O.NC1CCCCC1. The van der Waals surface area contributed by atoms with Crippen molar-refractivity contribution in [2.24, 2.45) is 17.6 Å². The summed E-state index contributed by atoms with van der Waals surface area (Å²) < 4.78 is 0. The van der Waals surface area contributed by atoms with E-state index in [1.165, 1.54) is 32.1 Å². The fraction of sp³-hybridized carbons (Fsp3) is 0.833. The van der Waals surface area contributed by atoms with E-state index in [9.17, 15) is 9.59 Å². The highest BCUT2D eigenvalue weighted by Crippen LogP contribution is 2.14. The molecule has 5 heteroatoms. The summed E-state index contributed by atoms with van der Waals surface area (Å²) in [7, 11) is 0. The van der Waals surface area contributed by atoms with Crippen LogP contribution in [0.5, 0.6) is 0 Å². The van der Waals surface area contributed by atoms with E-state index in [1.54, 1.807) is 13.8 Å². The molecule has 1 rings (SSSR count). The number of rotatable bonds is 3. The molecule has 1 aliphatic rings. The fourth-order valence-corrected chi connectivity index (χ4v) is 1.81. The maximum absolute atomic E-state index is 10.2. The highest BCUT2D eigenvalue weighted by Gasteiger charge is 2.28. The number of hydrogen-bond acceptors (Lipinski definition) is 3. The second kappa shape index (κ2) is 8.06. The Morgan fingerprint density at radius 3 is 1.59 bits per heavy atom. The van der Waals surface area contributed by atoms with Crippen molar-refractivity contribution < 1.29 is 19.8 Å². The molecule has 0 aromatic heterocycles. The van der Waals surface area contributed by atoms with E-state index >= 15 is 0 Å². The van der Waals surface area contributed by atoms with E-state index in [2.05, 4.69) is 0 Å². The van der Waals surface area contributed by atoms with E-state index in [0.29, 0.717) is 6.04 Å². The van der Waals surface area contributed by atoms with Gasteiger partial charge in [0.25, 0.3) is 0 Å². The smallest absolute Gasteiger partial charge is 0.318 e. The van der Waals surface area contributed by atoms with Crippen molar-refractivity contribution in [1.29, 1.82) is 0 Å². The van der Waals surface area contributed by atoms with Gasteiger partial charge >= 0.3 is 11.9 Å². The molecular weight excluding hydrogens is 222 g/mol. The Morgan fingerprint density at radius 2 is 1.47 bits per heavy atom. The summed E-state index contributed by atoms with van der Waals surface area (Å²) in [5.74, 6) is -4.19. The third-order valence-electron chi connectivity index (χ3n) is 2.85. The van der Waals surface area contributed by atoms with E-state index in [1.807, 2.05) is 0 Å². The first-order valence-corrected chi connectivity index (χ1v) is 6.07. The number of carboxylic acids is 2. The van der Waals surface area contributed by atoms with Crippen LogP contribution < -0.4 is 5.73 Å². The monoisotopic (exact) mass is 245 g/mol. The molecule has 0 spiro atoms. The normalized spacial score (nSPS) is 16.5. The van der Waals surface area contributed by atoms with Crippen LogP contribution in [-0.2, 0) is 9.59 Å². The Morgan fingerprint density at radius 1 is 1.06 bits per heavy atom. The van der Waals surface area contributed by atoms with Gasteiger partial charge < -0.3 is 15.9 Å². The lowest BCUT2D eigenvalue weighted by molar-refractivity contribution is -0.156. The summed E-state index contributed by atoms with van der Waals surface area (Å²) in [6.07, 6.45) is 6.66. The summed E-state index contributed by atoms with van der Waals surface area (Å²) in [4.78, 5) is 20.4. The lowest BCUT2D eigenvalue weighted by Crippen LogP contribution is -2.28. The maximum atomic E-state index is 10.2. The predicted molar refractivity (Wildman–Crippen MR) is 64.7 cm³/mol. The van der Waals surface area contributed by atoms with Crippen LogP contribution >= 0.6 is 0 Å². The summed E-state index contributed by atoms with van der Waals surface area (Å²) >= 11 is 0. The van der Waals surface area contributed by atoms with Crippen LogP contribution in [0.15, 0.2) is 0 Å². The first-order chi connectivity index (χ1) is 7.86. The molecule has 1 aliphatic carbocycles. The molecule has 0 radical (unpaired) electrons. The minimum atomic E-state index is -1.28. The maximum Gasteiger partial charge on any atom is 0.318 e. The predicted octanol–water partition coefficient (Wildman–Crippen LogP) is 1.71. The van der Waals surface area contributed by atoms with Gasteiger partial charge in [0.15, 0.2) is 5.92 Å². The minimum Gasteiger partial charge on any atom is -0.481 e. The Balaban J connectivity index is 0.000000318. The zero-order valence-corrected chi connectivity index (χ0v) is 10.6. The van der Waals surface area contributed by atoms with Gasteiger partial charge in [-0.1, -0.05) is 33.1 Å². The van der Waals surface area contributed by atoms with Gasteiger partial charge in [-0.3, -0.25) is 9.59 Å². The van der Waals surface area contributed by atoms with Gasteiger partial charge in [0.1, 0.15) is 0 Å². The Kier molecular flexibility index (Phi) is 7.54. The van der Waals surface area contributed by atoms with Gasteiger partial charge in [-0.2, -0.15) is 0 Å². The van der Waals surface area contributed by atoms with Crippen molar-refractivity contribution in [2.45, 2.75) is 52.0 Å². The van der Waals surface area contributed by atoms with Crippen molar-refractivity contribution in [3.8, 4) is 0 Å². The molecule has 0 saturated heterocycles. The van der Waals surface area contributed by atoms with E-state index in [4.69, 9.17) is 15.9 Å². The summed E-state index contributed by atoms with van der Waals surface area (Å²) in [6, 6.07) is 0.536. The lowest BCUT2D eigenvalue weighted by atomic mass is 9.97. The number of hydrogen-bond donors (Lipinski definition) is 3. The third-order valence-corrected chi connectivity index (χ3v) is 2.85. The number of nitrogens with two attached hydrogens (primary N) is 1. The van der Waals surface area contributed by atoms with Crippen LogP contribution in [0.4, 0.5) is 0 Å². The Labute approximate surface area is 102 Å². The van der Waals surface area contributed by atoms with Crippen molar-refractivity contribution in [1.82, 2.24) is 0 Å². The second-order valence-electron chi connectivity index (χ2n) is 4.80. The molecule has 5 nitrogen and oxygen atoms in total. The standard InChI is InChI=1S/C6H13N.C6H10O4/c7-6-4-2-1-3-5-6;1-3(2)4(5(7)8)6(9)10/h6H,1-5,7H2;3-4H,1-2H3,(H,7,8)(H,9,10). The molecule has 0 amide bonds. The molecule has 0 aliphatic heterocycles. The van der Waals surface area contributed by atoms with Gasteiger partial charge in [-0.15, -0.1) is 0 Å². The number of aliphatic carboxylic acids is 2.